The molecule has 0 aliphatic rings. The van der Waals surface area contributed by atoms with E-state index in [2.05, 4.69) is 17.2 Å². The van der Waals surface area contributed by atoms with E-state index >= 15 is 0 Å². The van der Waals surface area contributed by atoms with Crippen LogP contribution in [0.5, 0.6) is 0 Å². The molecule has 3 aromatic rings. The van der Waals surface area contributed by atoms with Gasteiger partial charge in [-0.15, -0.1) is 0 Å². The number of carbonyl (C=O) groups is 1. The number of nitrogens with zero attached hydrogens (tertiary/aromatic N) is 3. The van der Waals surface area contributed by atoms with E-state index in [1.165, 1.54) is 0 Å². The maximum absolute atomic E-state index is 12.3. The molecule has 1 amide bonds. The van der Waals surface area contributed by atoms with Crippen LogP contribution in [0.3, 0.4) is 0 Å². The van der Waals surface area contributed by atoms with Crippen molar-refractivity contribution in [2.75, 3.05) is 5.32 Å². The molecule has 0 saturated heterocycles. The van der Waals surface area contributed by atoms with Gasteiger partial charge in [0.05, 0.1) is 11.0 Å². The molecule has 0 aliphatic carbocycles. The number of para-hydroxylation sites is 2. The van der Waals surface area contributed by atoms with Crippen molar-refractivity contribution in [2.45, 2.75) is 39.8 Å². The van der Waals surface area contributed by atoms with Crippen LogP contribution in [0.2, 0.25) is 0 Å². The highest BCUT2D eigenvalue weighted by Crippen LogP contribution is 2.20. The Hall–Kier alpha value is -2.41. The molecule has 1 N–H and O–H groups in total. The first-order valence-electron chi connectivity index (χ1n) is 8.00. The molecule has 0 saturated carbocycles. The second-order valence-corrected chi connectivity index (χ2v) is 6.49. The molecular weight excluding hydrogens is 324 g/mol. The maximum atomic E-state index is 12.3. The summed E-state index contributed by atoms with van der Waals surface area (Å²) in [6, 6.07) is 7.84. The van der Waals surface area contributed by atoms with Crippen LogP contribution < -0.4 is 10.2 Å². The third-order valence-corrected chi connectivity index (χ3v) is 4.77. The molecular formula is C17H20N4O2S. The van der Waals surface area contributed by atoms with Gasteiger partial charge < -0.3 is 9.13 Å². The quantitative estimate of drug-likeness (QED) is 0.747. The lowest BCUT2D eigenvalue weighted by Crippen LogP contribution is -2.21. The Morgan fingerprint density at radius 3 is 2.75 bits per heavy atom. The summed E-state index contributed by atoms with van der Waals surface area (Å²) in [5.74, 6) is 0.428. The summed E-state index contributed by atoms with van der Waals surface area (Å²) in [5, 5.41) is 4.69. The summed E-state index contributed by atoms with van der Waals surface area (Å²) in [7, 11) is 0. The number of aromatic nitrogens is 3. The zero-order valence-corrected chi connectivity index (χ0v) is 14.6. The van der Waals surface area contributed by atoms with E-state index in [0.29, 0.717) is 12.5 Å². The smallest absolute Gasteiger partial charge is 0.307 e. The Labute approximate surface area is 143 Å². The van der Waals surface area contributed by atoms with Gasteiger partial charge >= 0.3 is 4.87 Å². The van der Waals surface area contributed by atoms with Crippen molar-refractivity contribution in [3.05, 3.63) is 45.0 Å². The number of benzene rings is 1. The summed E-state index contributed by atoms with van der Waals surface area (Å²) in [4.78, 5) is 28.5. The van der Waals surface area contributed by atoms with Gasteiger partial charge in [-0.2, -0.15) is 0 Å². The van der Waals surface area contributed by atoms with Crippen LogP contribution in [-0.4, -0.2) is 20.0 Å². The van der Waals surface area contributed by atoms with E-state index in [9.17, 15) is 9.59 Å². The van der Waals surface area contributed by atoms with Gasteiger partial charge in [0.2, 0.25) is 11.9 Å². The number of imidazole rings is 1. The van der Waals surface area contributed by atoms with Gasteiger partial charge in [0.15, 0.2) is 0 Å². The summed E-state index contributed by atoms with van der Waals surface area (Å²) < 4.78 is 3.65. The molecule has 0 bridgehead atoms. The van der Waals surface area contributed by atoms with Crippen LogP contribution in [0.25, 0.3) is 11.0 Å². The SMILES string of the molecule is CCCn1c(NC(=O)CCn2c(C)csc2=O)nc2ccccc21. The lowest BCUT2D eigenvalue weighted by atomic mass is 10.3. The molecule has 7 heteroatoms. The zero-order valence-electron chi connectivity index (χ0n) is 13.8. The van der Waals surface area contributed by atoms with Crippen molar-refractivity contribution in [3.63, 3.8) is 0 Å². The van der Waals surface area contributed by atoms with Crippen LogP contribution in [0.15, 0.2) is 34.4 Å². The second-order valence-electron chi connectivity index (χ2n) is 5.67. The number of amides is 1. The topological polar surface area (TPSA) is 68.9 Å². The normalized spacial score (nSPS) is 11.1. The molecule has 1 aromatic carbocycles. The fraction of sp³-hybridized carbons (Fsp3) is 0.353. The molecule has 0 unspecified atom stereocenters. The van der Waals surface area contributed by atoms with Crippen molar-refractivity contribution < 1.29 is 4.79 Å². The monoisotopic (exact) mass is 344 g/mol. The van der Waals surface area contributed by atoms with Crippen molar-refractivity contribution >= 4 is 34.2 Å². The highest BCUT2D eigenvalue weighted by molar-refractivity contribution is 7.07. The summed E-state index contributed by atoms with van der Waals surface area (Å²) >= 11 is 1.16. The largest absolute Gasteiger partial charge is 0.310 e. The Balaban J connectivity index is 1.75. The molecule has 2 heterocycles. The van der Waals surface area contributed by atoms with Gasteiger partial charge in [-0.25, -0.2) is 4.98 Å². The van der Waals surface area contributed by atoms with Crippen molar-refractivity contribution in [2.24, 2.45) is 0 Å². The summed E-state index contributed by atoms with van der Waals surface area (Å²) in [6.07, 6.45) is 1.19. The van der Waals surface area contributed by atoms with E-state index in [-0.39, 0.29) is 17.2 Å². The number of nitrogens with one attached hydrogen (secondary N) is 1. The highest BCUT2D eigenvalue weighted by atomic mass is 32.1. The molecule has 24 heavy (non-hydrogen) atoms. The van der Waals surface area contributed by atoms with Crippen LogP contribution >= 0.6 is 11.3 Å². The van der Waals surface area contributed by atoms with Crippen LogP contribution in [-0.2, 0) is 17.9 Å². The number of rotatable bonds is 6. The predicted molar refractivity (Wildman–Crippen MR) is 96.6 cm³/mol. The molecule has 0 radical (unpaired) electrons. The van der Waals surface area contributed by atoms with E-state index < -0.39 is 0 Å². The minimum Gasteiger partial charge on any atom is -0.310 e. The van der Waals surface area contributed by atoms with Crippen LogP contribution in [0.1, 0.15) is 25.5 Å². The second kappa shape index (κ2) is 7.00. The number of anilines is 1. The average molecular weight is 344 g/mol. The number of thiazole rings is 1. The predicted octanol–water partition coefficient (Wildman–Crippen LogP) is 3.01. The van der Waals surface area contributed by atoms with Gasteiger partial charge in [0, 0.05) is 30.6 Å². The third kappa shape index (κ3) is 3.26. The Morgan fingerprint density at radius 2 is 2.04 bits per heavy atom. The highest BCUT2D eigenvalue weighted by Gasteiger charge is 2.13. The number of hydrogen-bond acceptors (Lipinski definition) is 4. The summed E-state index contributed by atoms with van der Waals surface area (Å²) in [6.45, 7) is 5.13. The Kier molecular flexibility index (Phi) is 4.80. The fourth-order valence-corrected chi connectivity index (χ4v) is 3.46. The van der Waals surface area contributed by atoms with Gasteiger partial charge in [-0.1, -0.05) is 30.4 Å². The lowest BCUT2D eigenvalue weighted by molar-refractivity contribution is -0.116. The van der Waals surface area contributed by atoms with E-state index in [1.807, 2.05) is 35.8 Å². The average Bonchev–Trinajstić information content (AvgIpc) is 3.07. The molecule has 0 fully saturated rings. The first-order valence-corrected chi connectivity index (χ1v) is 8.88. The molecule has 0 spiro atoms. The molecule has 6 nitrogen and oxygen atoms in total. The Bertz CT molecular complexity index is 922. The number of carbonyl (C=O) groups excluding carboxylic acids is 1. The lowest BCUT2D eigenvalue weighted by Gasteiger charge is -2.09. The zero-order chi connectivity index (χ0) is 17.1. The first kappa shape index (κ1) is 16.4. The standard InChI is InChI=1S/C17H20N4O2S/c1-3-9-21-14-7-5-4-6-13(14)18-16(21)19-15(22)8-10-20-12(2)11-24-17(20)23/h4-7,11H,3,8-10H2,1-2H3,(H,18,19,22). The van der Waals surface area contributed by atoms with Crippen molar-refractivity contribution in [1.82, 2.24) is 14.1 Å². The fourth-order valence-electron chi connectivity index (χ4n) is 2.70. The first-order chi connectivity index (χ1) is 11.6. The minimum absolute atomic E-state index is 0.0291. The van der Waals surface area contributed by atoms with Gasteiger partial charge in [0.25, 0.3) is 0 Å². The van der Waals surface area contributed by atoms with Gasteiger partial charge in [-0.3, -0.25) is 14.9 Å². The van der Waals surface area contributed by atoms with Crippen LogP contribution in [0, 0.1) is 6.92 Å². The molecule has 2 aromatic heterocycles. The van der Waals surface area contributed by atoms with Gasteiger partial charge in [-0.05, 0) is 25.5 Å². The van der Waals surface area contributed by atoms with E-state index in [1.54, 1.807) is 9.95 Å². The van der Waals surface area contributed by atoms with Crippen molar-refractivity contribution in [3.8, 4) is 0 Å². The number of hydrogen-bond donors (Lipinski definition) is 1. The minimum atomic E-state index is -0.139. The molecule has 0 aliphatic heterocycles. The molecule has 126 valence electrons. The third-order valence-electron chi connectivity index (χ3n) is 3.89. The number of aryl methyl sites for hydroxylation is 2. The molecule has 0 atom stereocenters. The van der Waals surface area contributed by atoms with Crippen molar-refractivity contribution in [1.29, 1.82) is 0 Å². The van der Waals surface area contributed by atoms with Gasteiger partial charge in [0.1, 0.15) is 0 Å². The summed E-state index contributed by atoms with van der Waals surface area (Å²) in [5.41, 5.74) is 2.77. The Morgan fingerprint density at radius 1 is 1.25 bits per heavy atom. The number of fused-ring (bicyclic) bond motifs is 1. The molecule has 3 rings (SSSR count). The maximum Gasteiger partial charge on any atom is 0.307 e. The van der Waals surface area contributed by atoms with E-state index in [4.69, 9.17) is 0 Å². The van der Waals surface area contributed by atoms with Crippen LogP contribution in [0.4, 0.5) is 5.95 Å². The van der Waals surface area contributed by atoms with E-state index in [0.717, 1.165) is 41.0 Å².